The summed E-state index contributed by atoms with van der Waals surface area (Å²) in [7, 11) is 1.66. The smallest absolute Gasteiger partial charge is 0.256 e. The van der Waals surface area contributed by atoms with Crippen LogP contribution >= 0.6 is 0 Å². The molecule has 0 saturated heterocycles. The third-order valence-electron chi connectivity index (χ3n) is 9.98. The lowest BCUT2D eigenvalue weighted by Crippen LogP contribution is -2.09. The van der Waals surface area contributed by atoms with Crippen LogP contribution < -0.4 is 31.4 Å². The number of fused-ring (bicyclic) bond motifs is 2. The molecule has 0 saturated carbocycles. The minimum absolute atomic E-state index is 0.106. The average molecular weight is 806 g/mol. The molecule has 0 aliphatic carbocycles. The number of nitrogens with zero attached hydrogens (tertiary/aromatic N) is 5. The Morgan fingerprint density at radius 1 is 0.656 bits per heavy atom. The van der Waals surface area contributed by atoms with E-state index in [0.717, 1.165) is 72.3 Å². The number of nitrogen functional groups attached to an aromatic ring is 1. The van der Waals surface area contributed by atoms with Crippen molar-refractivity contribution in [1.82, 2.24) is 29.9 Å². The molecule has 4 heterocycles. The standard InChI is InChI=1S/C29H26N4O2.C20H17N5O/c1-19-5-4-6-24(15-19)32-29-31-17-23-16-22(9-12-26(23)33-29)27-20(2)13-14-30-28(27)35-18-21-7-10-25(34-3)11-8-21;1-12-7-8-22-19(26)18(12)13-5-6-17-14(9-13)11-23-20(25-17)24-16-4-2-3-15(21)10-16/h4-17H,18H2,1-3H3,(H,31,32,33);2-11H,21H2,1H3,(H,22,26)(H,23,24,25). The fraction of sp³-hybridized carbons (Fsp3) is 0.102. The van der Waals surface area contributed by atoms with Crippen molar-refractivity contribution in [2.24, 2.45) is 0 Å². The summed E-state index contributed by atoms with van der Waals surface area (Å²) >= 11 is 0. The highest BCUT2D eigenvalue weighted by Gasteiger charge is 2.14. The number of benzene rings is 5. The van der Waals surface area contributed by atoms with E-state index in [-0.39, 0.29) is 5.56 Å². The Labute approximate surface area is 352 Å². The second-order valence-corrected chi connectivity index (χ2v) is 14.5. The maximum Gasteiger partial charge on any atom is 0.256 e. The van der Waals surface area contributed by atoms with Crippen LogP contribution in [0.2, 0.25) is 0 Å². The molecule has 0 bridgehead atoms. The first-order valence-electron chi connectivity index (χ1n) is 19.6. The highest BCUT2D eigenvalue weighted by molar-refractivity contribution is 5.87. The Balaban J connectivity index is 0.000000176. The van der Waals surface area contributed by atoms with Gasteiger partial charge in [0, 0.05) is 63.7 Å². The van der Waals surface area contributed by atoms with E-state index in [1.807, 2.05) is 110 Å². The van der Waals surface area contributed by atoms with Gasteiger partial charge in [0.05, 0.1) is 18.1 Å². The predicted octanol–water partition coefficient (Wildman–Crippen LogP) is 10.3. The molecule has 5 aromatic carbocycles. The number of hydrogen-bond acceptors (Lipinski definition) is 11. The van der Waals surface area contributed by atoms with Crippen molar-refractivity contribution in [3.05, 3.63) is 179 Å². The van der Waals surface area contributed by atoms with Gasteiger partial charge in [-0.3, -0.25) is 4.79 Å². The second-order valence-electron chi connectivity index (χ2n) is 14.5. The second kappa shape index (κ2) is 17.8. The van der Waals surface area contributed by atoms with Gasteiger partial charge in [0.25, 0.3) is 5.56 Å². The molecule has 302 valence electrons. The van der Waals surface area contributed by atoms with Gasteiger partial charge in [0.15, 0.2) is 0 Å². The van der Waals surface area contributed by atoms with Crippen molar-refractivity contribution in [2.45, 2.75) is 27.4 Å². The number of nitrogens with one attached hydrogen (secondary N) is 3. The minimum atomic E-state index is -0.106. The van der Waals surface area contributed by atoms with Gasteiger partial charge in [-0.25, -0.2) is 24.9 Å². The van der Waals surface area contributed by atoms with E-state index in [4.69, 9.17) is 20.2 Å². The third-order valence-corrected chi connectivity index (χ3v) is 9.98. The van der Waals surface area contributed by atoms with Gasteiger partial charge < -0.3 is 30.8 Å². The fourth-order valence-electron chi connectivity index (χ4n) is 6.90. The molecule has 0 aliphatic heterocycles. The lowest BCUT2D eigenvalue weighted by Gasteiger charge is -2.14. The van der Waals surface area contributed by atoms with E-state index in [1.165, 1.54) is 5.56 Å². The summed E-state index contributed by atoms with van der Waals surface area (Å²) < 4.78 is 11.4. The number of aromatic nitrogens is 6. The first-order chi connectivity index (χ1) is 29.7. The van der Waals surface area contributed by atoms with E-state index in [1.54, 1.807) is 25.7 Å². The molecular formula is C49H43N9O3. The van der Waals surface area contributed by atoms with Crippen molar-refractivity contribution in [3.8, 4) is 33.9 Å². The lowest BCUT2D eigenvalue weighted by atomic mass is 10.0. The van der Waals surface area contributed by atoms with Gasteiger partial charge in [-0.1, -0.05) is 42.5 Å². The lowest BCUT2D eigenvalue weighted by molar-refractivity contribution is 0.295. The molecule has 0 fully saturated rings. The Morgan fingerprint density at radius 3 is 1.90 bits per heavy atom. The molecule has 0 unspecified atom stereocenters. The highest BCUT2D eigenvalue weighted by Crippen LogP contribution is 2.34. The fourth-order valence-corrected chi connectivity index (χ4v) is 6.90. The van der Waals surface area contributed by atoms with Crippen LogP contribution in [0.1, 0.15) is 22.3 Å². The van der Waals surface area contributed by atoms with Crippen molar-refractivity contribution in [2.75, 3.05) is 23.5 Å². The molecule has 4 aromatic heterocycles. The van der Waals surface area contributed by atoms with E-state index in [2.05, 4.69) is 73.7 Å². The quantitative estimate of drug-likeness (QED) is 0.0972. The van der Waals surface area contributed by atoms with Crippen molar-refractivity contribution in [1.29, 1.82) is 0 Å². The molecule has 0 spiro atoms. The van der Waals surface area contributed by atoms with Crippen LogP contribution in [0.3, 0.4) is 0 Å². The molecule has 9 aromatic rings. The zero-order valence-corrected chi connectivity index (χ0v) is 34.1. The van der Waals surface area contributed by atoms with Gasteiger partial charge in [-0.15, -0.1) is 0 Å². The van der Waals surface area contributed by atoms with Crippen LogP contribution in [0, 0.1) is 20.8 Å². The number of anilines is 5. The minimum Gasteiger partial charge on any atom is -0.497 e. The summed E-state index contributed by atoms with van der Waals surface area (Å²) in [6, 6.07) is 39.1. The number of H-pyrrole nitrogens is 1. The van der Waals surface area contributed by atoms with Crippen LogP contribution in [0.4, 0.5) is 29.0 Å². The molecule has 0 amide bonds. The monoisotopic (exact) mass is 805 g/mol. The van der Waals surface area contributed by atoms with Crippen LogP contribution in [-0.4, -0.2) is 37.0 Å². The summed E-state index contributed by atoms with van der Waals surface area (Å²) in [4.78, 5) is 37.5. The number of aromatic amines is 1. The largest absolute Gasteiger partial charge is 0.497 e. The van der Waals surface area contributed by atoms with Crippen LogP contribution in [0.25, 0.3) is 44.1 Å². The Hall–Kier alpha value is -8.12. The number of pyridine rings is 2. The molecule has 5 N–H and O–H groups in total. The van der Waals surface area contributed by atoms with Crippen LogP contribution in [0.15, 0.2) is 151 Å². The number of methoxy groups -OCH3 is 1. The average Bonchev–Trinajstić information content (AvgIpc) is 3.26. The molecule has 12 heteroatoms. The summed E-state index contributed by atoms with van der Waals surface area (Å²) in [6.45, 7) is 6.46. The zero-order valence-electron chi connectivity index (χ0n) is 34.1. The molecule has 9 rings (SSSR count). The maximum absolute atomic E-state index is 12.2. The van der Waals surface area contributed by atoms with Gasteiger partial charge in [0.2, 0.25) is 17.8 Å². The Bertz CT molecular complexity index is 3060. The summed E-state index contributed by atoms with van der Waals surface area (Å²) in [5.41, 5.74) is 17.5. The van der Waals surface area contributed by atoms with Gasteiger partial charge in [0.1, 0.15) is 12.4 Å². The predicted molar refractivity (Wildman–Crippen MR) is 244 cm³/mol. The van der Waals surface area contributed by atoms with Crippen molar-refractivity contribution < 1.29 is 9.47 Å². The number of ether oxygens (including phenoxy) is 2. The van der Waals surface area contributed by atoms with E-state index in [0.29, 0.717) is 35.6 Å². The Kier molecular flexibility index (Phi) is 11.6. The molecule has 0 radical (unpaired) electrons. The van der Waals surface area contributed by atoms with Gasteiger partial charge in [-0.2, -0.15) is 0 Å². The molecule has 12 nitrogen and oxygen atoms in total. The third kappa shape index (κ3) is 9.45. The summed E-state index contributed by atoms with van der Waals surface area (Å²) in [6.07, 6.45) is 7.01. The normalized spacial score (nSPS) is 10.8. The molecule has 0 atom stereocenters. The van der Waals surface area contributed by atoms with E-state index < -0.39 is 0 Å². The summed E-state index contributed by atoms with van der Waals surface area (Å²) in [5.74, 6) is 2.47. The van der Waals surface area contributed by atoms with Crippen LogP contribution in [-0.2, 0) is 6.61 Å². The van der Waals surface area contributed by atoms with E-state index >= 15 is 0 Å². The van der Waals surface area contributed by atoms with E-state index in [9.17, 15) is 4.79 Å². The highest BCUT2D eigenvalue weighted by atomic mass is 16.5. The van der Waals surface area contributed by atoms with Gasteiger partial charge >= 0.3 is 0 Å². The molecule has 0 aliphatic rings. The van der Waals surface area contributed by atoms with Crippen molar-refractivity contribution >= 4 is 50.8 Å². The summed E-state index contributed by atoms with van der Waals surface area (Å²) in [5, 5.41) is 8.24. The Morgan fingerprint density at radius 2 is 1.28 bits per heavy atom. The van der Waals surface area contributed by atoms with Crippen LogP contribution in [0.5, 0.6) is 11.6 Å². The number of nitrogens with two attached hydrogens (primary N) is 1. The first kappa shape index (κ1) is 39.7. The zero-order chi connectivity index (χ0) is 42.3. The maximum atomic E-state index is 12.2. The molecular weight excluding hydrogens is 763 g/mol. The number of hydrogen-bond donors (Lipinski definition) is 4. The SMILES string of the molecule is COc1ccc(COc2nccc(C)c2-c2ccc3nc(Nc4cccc(C)c4)ncc3c2)cc1.Cc1cc[nH]c(=O)c1-c1ccc2nc(Nc3cccc(N)c3)ncc2c1. The topological polar surface area (TPSA) is 166 Å². The van der Waals surface area contributed by atoms with Gasteiger partial charge in [-0.05, 0) is 133 Å². The first-order valence-corrected chi connectivity index (χ1v) is 19.6. The van der Waals surface area contributed by atoms with Crippen molar-refractivity contribution in [3.63, 3.8) is 0 Å². The molecule has 61 heavy (non-hydrogen) atoms. The number of aryl methyl sites for hydroxylation is 3. The number of rotatable bonds is 10.